The number of hydrazone groups is 1. The number of nitriles is 1. The molecule has 2 rings (SSSR count). The van der Waals surface area contributed by atoms with Crippen LogP contribution in [0.3, 0.4) is 0 Å². The number of alkyl halides is 1. The van der Waals surface area contributed by atoms with Crippen LogP contribution in [0.4, 0.5) is 4.39 Å². The maximum absolute atomic E-state index is 14.4. The highest BCUT2D eigenvalue weighted by Crippen LogP contribution is 2.35. The minimum Gasteiger partial charge on any atom is -0.264 e. The number of nitrogens with zero attached hydrogens (tertiary/aromatic N) is 4. The third-order valence-corrected chi connectivity index (χ3v) is 4.17. The van der Waals surface area contributed by atoms with Gasteiger partial charge in [-0.3, -0.25) is 4.99 Å². The monoisotopic (exact) mass is 312 g/mol. The normalized spacial score (nSPS) is 22.9. The van der Waals surface area contributed by atoms with E-state index in [9.17, 15) is 4.39 Å². The molecule has 0 spiro atoms. The van der Waals surface area contributed by atoms with Crippen LogP contribution in [0.1, 0.15) is 31.9 Å². The summed E-state index contributed by atoms with van der Waals surface area (Å²) in [6.45, 7) is 11.2. The van der Waals surface area contributed by atoms with Crippen molar-refractivity contribution in [3.63, 3.8) is 0 Å². The molecule has 1 aliphatic rings. The molecule has 0 aromatic heterocycles. The summed E-state index contributed by atoms with van der Waals surface area (Å²) in [6.07, 6.45) is -0.917. The minimum absolute atomic E-state index is 0.198. The third-order valence-electron chi connectivity index (χ3n) is 4.17. The van der Waals surface area contributed by atoms with Crippen LogP contribution in [0.5, 0.6) is 0 Å². The molecular formula is C18H21FN4. The van der Waals surface area contributed by atoms with Gasteiger partial charge in [0, 0.05) is 13.1 Å². The van der Waals surface area contributed by atoms with Gasteiger partial charge in [-0.25, -0.2) is 9.40 Å². The van der Waals surface area contributed by atoms with Crippen molar-refractivity contribution in [2.24, 2.45) is 15.5 Å². The number of aliphatic imine (C=N–C) groups is 1. The third kappa shape index (κ3) is 3.48. The Labute approximate surface area is 136 Å². The lowest BCUT2D eigenvalue weighted by Gasteiger charge is -2.22. The van der Waals surface area contributed by atoms with Gasteiger partial charge < -0.3 is 0 Å². The van der Waals surface area contributed by atoms with E-state index in [1.165, 1.54) is 5.01 Å². The standard InChI is InChI=1S/C18H21FN4/c1-13(18(2,3)12-20)11-22-17-15(19)10-16(23(17)21-4)14-8-6-5-7-9-14/h5-9,15-16H,1,4,10-11H2,2-3H3/b22-17-. The average Bonchev–Trinajstić information content (AvgIpc) is 2.89. The second-order valence-electron chi connectivity index (χ2n) is 6.13. The van der Waals surface area contributed by atoms with E-state index in [0.29, 0.717) is 5.57 Å². The largest absolute Gasteiger partial charge is 0.264 e. The molecule has 2 atom stereocenters. The van der Waals surface area contributed by atoms with Crippen LogP contribution in [0, 0.1) is 16.7 Å². The lowest BCUT2D eigenvalue weighted by molar-refractivity contribution is 0.346. The van der Waals surface area contributed by atoms with Gasteiger partial charge in [0.05, 0.1) is 24.1 Å². The SMILES string of the molecule is C=NN1/C(=N\CC(=C)C(C)(C)C#N)C(F)CC1c1ccccc1. The maximum atomic E-state index is 14.4. The van der Waals surface area contributed by atoms with E-state index in [-0.39, 0.29) is 24.8 Å². The summed E-state index contributed by atoms with van der Waals surface area (Å²) in [5, 5.41) is 14.6. The molecule has 5 heteroatoms. The molecule has 0 saturated carbocycles. The van der Waals surface area contributed by atoms with Gasteiger partial charge in [0.15, 0.2) is 12.0 Å². The van der Waals surface area contributed by atoms with Gasteiger partial charge in [0.25, 0.3) is 0 Å². The van der Waals surface area contributed by atoms with Gasteiger partial charge in [-0.1, -0.05) is 36.9 Å². The number of halogens is 1. The molecule has 0 aliphatic carbocycles. The van der Waals surface area contributed by atoms with Crippen LogP contribution in [0.25, 0.3) is 0 Å². The molecule has 1 saturated heterocycles. The number of hydrogen-bond donors (Lipinski definition) is 0. The van der Waals surface area contributed by atoms with Crippen molar-refractivity contribution in [1.82, 2.24) is 5.01 Å². The first-order valence-electron chi connectivity index (χ1n) is 7.49. The molecule has 1 aromatic rings. The fourth-order valence-electron chi connectivity index (χ4n) is 2.45. The first-order chi connectivity index (χ1) is 10.9. The van der Waals surface area contributed by atoms with Crippen molar-refractivity contribution in [3.05, 3.63) is 48.0 Å². The van der Waals surface area contributed by atoms with Gasteiger partial charge in [0.1, 0.15) is 0 Å². The second kappa shape index (κ2) is 6.74. The van der Waals surface area contributed by atoms with E-state index < -0.39 is 11.6 Å². The van der Waals surface area contributed by atoms with E-state index in [1.807, 2.05) is 30.3 Å². The molecule has 1 heterocycles. The molecule has 0 radical (unpaired) electrons. The van der Waals surface area contributed by atoms with Gasteiger partial charge in [-0.05, 0) is 25.0 Å². The van der Waals surface area contributed by atoms with Crippen molar-refractivity contribution in [2.45, 2.75) is 32.5 Å². The van der Waals surface area contributed by atoms with Crippen LogP contribution >= 0.6 is 0 Å². The van der Waals surface area contributed by atoms with Crippen LogP contribution in [-0.2, 0) is 0 Å². The van der Waals surface area contributed by atoms with E-state index >= 15 is 0 Å². The lowest BCUT2D eigenvalue weighted by atomic mass is 9.87. The van der Waals surface area contributed by atoms with E-state index in [2.05, 4.69) is 29.5 Å². The van der Waals surface area contributed by atoms with Crippen molar-refractivity contribution in [1.29, 1.82) is 5.26 Å². The quantitative estimate of drug-likeness (QED) is 0.612. The maximum Gasteiger partial charge on any atom is 0.161 e. The fraction of sp³-hybridized carbons (Fsp3) is 0.389. The van der Waals surface area contributed by atoms with Crippen molar-refractivity contribution in [2.75, 3.05) is 6.54 Å². The Morgan fingerprint density at radius 1 is 1.43 bits per heavy atom. The molecule has 120 valence electrons. The topological polar surface area (TPSA) is 51.8 Å². The summed E-state index contributed by atoms with van der Waals surface area (Å²) in [7, 11) is 0. The Kier molecular flexibility index (Phi) is 4.95. The van der Waals surface area contributed by atoms with E-state index in [0.717, 1.165) is 5.56 Å². The molecule has 1 aliphatic heterocycles. The predicted octanol–water partition coefficient (Wildman–Crippen LogP) is 3.89. The van der Waals surface area contributed by atoms with E-state index in [4.69, 9.17) is 5.26 Å². The second-order valence-corrected chi connectivity index (χ2v) is 6.13. The van der Waals surface area contributed by atoms with Crippen molar-refractivity contribution < 1.29 is 4.39 Å². The molecule has 0 N–H and O–H groups in total. The molecular weight excluding hydrogens is 291 g/mol. The Balaban J connectivity index is 2.22. The van der Waals surface area contributed by atoms with Crippen molar-refractivity contribution in [3.8, 4) is 6.07 Å². The zero-order valence-corrected chi connectivity index (χ0v) is 13.5. The summed E-state index contributed by atoms with van der Waals surface area (Å²) < 4.78 is 14.4. The number of hydrogen-bond acceptors (Lipinski definition) is 3. The fourth-order valence-corrected chi connectivity index (χ4v) is 2.45. The number of benzene rings is 1. The minimum atomic E-state index is -1.20. The molecule has 1 aromatic carbocycles. The first-order valence-corrected chi connectivity index (χ1v) is 7.49. The van der Waals surface area contributed by atoms with Gasteiger partial charge >= 0.3 is 0 Å². The van der Waals surface area contributed by atoms with Gasteiger partial charge in [-0.15, -0.1) is 0 Å². The zero-order chi connectivity index (χ0) is 17.0. The Morgan fingerprint density at radius 2 is 2.09 bits per heavy atom. The van der Waals surface area contributed by atoms with Crippen LogP contribution < -0.4 is 0 Å². The summed E-state index contributed by atoms with van der Waals surface area (Å²) in [5.41, 5.74) is 0.926. The highest BCUT2D eigenvalue weighted by atomic mass is 19.1. The van der Waals surface area contributed by atoms with Gasteiger partial charge in [-0.2, -0.15) is 10.4 Å². The van der Waals surface area contributed by atoms with E-state index in [1.54, 1.807) is 13.8 Å². The molecule has 1 fully saturated rings. The van der Waals surface area contributed by atoms with Crippen LogP contribution in [0.15, 0.2) is 52.6 Å². The van der Waals surface area contributed by atoms with Crippen LogP contribution in [0.2, 0.25) is 0 Å². The summed E-state index contributed by atoms with van der Waals surface area (Å²) in [6, 6.07) is 11.6. The van der Waals surface area contributed by atoms with Crippen molar-refractivity contribution >= 4 is 12.6 Å². The number of rotatable bonds is 5. The molecule has 4 nitrogen and oxygen atoms in total. The average molecular weight is 312 g/mol. The summed E-state index contributed by atoms with van der Waals surface area (Å²) in [5.74, 6) is 0.253. The van der Waals surface area contributed by atoms with Crippen LogP contribution in [-0.4, -0.2) is 30.3 Å². The lowest BCUT2D eigenvalue weighted by Crippen LogP contribution is -2.26. The smallest absolute Gasteiger partial charge is 0.161 e. The predicted molar refractivity (Wildman–Crippen MR) is 90.9 cm³/mol. The Hall–Kier alpha value is -2.48. The highest BCUT2D eigenvalue weighted by Gasteiger charge is 2.38. The number of amidine groups is 1. The molecule has 0 amide bonds. The molecule has 0 bridgehead atoms. The summed E-state index contributed by atoms with van der Waals surface area (Å²) in [4.78, 5) is 4.33. The summed E-state index contributed by atoms with van der Waals surface area (Å²) >= 11 is 0. The Morgan fingerprint density at radius 3 is 2.65 bits per heavy atom. The Bertz CT molecular complexity index is 657. The molecule has 23 heavy (non-hydrogen) atoms. The zero-order valence-electron chi connectivity index (χ0n) is 13.5. The van der Waals surface area contributed by atoms with Gasteiger partial charge in [0.2, 0.25) is 0 Å². The highest BCUT2D eigenvalue weighted by molar-refractivity contribution is 5.89. The first kappa shape index (κ1) is 16.9. The molecule has 2 unspecified atom stereocenters.